The Labute approximate surface area is 269 Å². The highest BCUT2D eigenvalue weighted by Crippen LogP contribution is 2.55. The van der Waals surface area contributed by atoms with E-state index in [0.29, 0.717) is 35.8 Å². The fourth-order valence-electron chi connectivity index (χ4n) is 5.10. The van der Waals surface area contributed by atoms with Crippen LogP contribution in [0, 0.1) is 0 Å². The van der Waals surface area contributed by atoms with Crippen molar-refractivity contribution in [2.45, 2.75) is 144 Å². The molecule has 0 aliphatic rings. The van der Waals surface area contributed by atoms with E-state index in [-0.39, 0.29) is 38.8 Å². The van der Waals surface area contributed by atoms with Crippen molar-refractivity contribution in [3.05, 3.63) is 23.3 Å². The molecule has 258 valence electrons. The van der Waals surface area contributed by atoms with Crippen molar-refractivity contribution >= 4 is 15.2 Å². The fraction of sp³-hybridized carbons (Fsp3) is 0.824. The van der Waals surface area contributed by atoms with E-state index < -0.39 is 15.2 Å². The summed E-state index contributed by atoms with van der Waals surface area (Å²) in [4.78, 5) is 0. The lowest BCUT2D eigenvalue weighted by molar-refractivity contribution is 0.216. The lowest BCUT2D eigenvalue weighted by atomic mass is 10.1. The average molecular weight is 663 g/mol. The number of ether oxygens (including phenoxy) is 2. The second kappa shape index (κ2) is 25.2. The molecule has 0 N–H and O–H groups in total. The normalized spacial score (nSPS) is 12.1. The monoisotopic (exact) mass is 662 g/mol. The Bertz CT molecular complexity index is 860. The molecule has 0 bridgehead atoms. The van der Waals surface area contributed by atoms with E-state index in [1.54, 1.807) is 0 Å². The van der Waals surface area contributed by atoms with Gasteiger partial charge in [0.05, 0.1) is 52.0 Å². The van der Waals surface area contributed by atoms with E-state index >= 15 is 0 Å². The fourth-order valence-corrected chi connectivity index (χ4v) is 8.52. The van der Waals surface area contributed by atoms with Crippen LogP contribution in [0.15, 0.2) is 12.1 Å². The quantitative estimate of drug-likeness (QED) is 0.0594. The number of rotatable bonds is 30. The first kappa shape index (κ1) is 41.1. The van der Waals surface area contributed by atoms with Crippen LogP contribution in [-0.2, 0) is 39.5 Å². The largest absolute Gasteiger partial charge is 0.493 e. The number of hydrogen-bond donors (Lipinski definition) is 0. The van der Waals surface area contributed by atoms with Gasteiger partial charge in [-0.15, -0.1) is 0 Å². The van der Waals surface area contributed by atoms with Crippen LogP contribution >= 0.6 is 15.2 Å². The predicted molar refractivity (Wildman–Crippen MR) is 183 cm³/mol. The lowest BCUT2D eigenvalue weighted by Crippen LogP contribution is -2.08. The lowest BCUT2D eigenvalue weighted by Gasteiger charge is -2.23. The van der Waals surface area contributed by atoms with E-state index in [9.17, 15) is 9.13 Å². The molecule has 0 aliphatic carbocycles. The van der Waals surface area contributed by atoms with Crippen molar-refractivity contribution in [3.8, 4) is 11.5 Å². The first-order valence-corrected chi connectivity index (χ1v) is 20.9. The maximum atomic E-state index is 13.6. The van der Waals surface area contributed by atoms with E-state index in [2.05, 4.69) is 13.8 Å². The van der Waals surface area contributed by atoms with Gasteiger partial charge >= 0.3 is 15.2 Å². The second-order valence-electron chi connectivity index (χ2n) is 11.2. The minimum absolute atomic E-state index is 0.0592. The van der Waals surface area contributed by atoms with Crippen molar-refractivity contribution in [1.29, 1.82) is 0 Å². The molecule has 10 heteroatoms. The summed E-state index contributed by atoms with van der Waals surface area (Å²) >= 11 is 0. The van der Waals surface area contributed by atoms with Crippen molar-refractivity contribution < 1.29 is 36.7 Å². The van der Waals surface area contributed by atoms with Crippen LogP contribution in [0.25, 0.3) is 0 Å². The summed E-state index contributed by atoms with van der Waals surface area (Å²) < 4.78 is 62.4. The summed E-state index contributed by atoms with van der Waals surface area (Å²) in [6, 6.07) is 3.73. The highest BCUT2D eigenvalue weighted by molar-refractivity contribution is 7.53. The maximum Gasteiger partial charge on any atom is 0.335 e. The average Bonchev–Trinajstić information content (AvgIpc) is 2.97. The molecule has 0 aliphatic heterocycles. The molecular formula is C34H64O8P2. The van der Waals surface area contributed by atoms with Crippen LogP contribution in [0.2, 0.25) is 0 Å². The summed E-state index contributed by atoms with van der Waals surface area (Å²) in [5, 5.41) is 0. The molecule has 0 radical (unpaired) electrons. The van der Waals surface area contributed by atoms with Crippen LogP contribution in [0.5, 0.6) is 11.5 Å². The molecule has 1 rings (SSSR count). The van der Waals surface area contributed by atoms with Crippen LogP contribution in [0.4, 0.5) is 0 Å². The van der Waals surface area contributed by atoms with E-state index in [1.807, 2.05) is 39.8 Å². The SMILES string of the molecule is CCCCCCCCCOc1cc(CP(=O)(OCC)OCC)c(OCCCCCCCCC)cc1CP(=O)(OCC)OCC. The summed E-state index contributed by atoms with van der Waals surface area (Å²) in [5.41, 5.74) is 1.39. The molecule has 0 spiro atoms. The second-order valence-corrected chi connectivity index (χ2v) is 15.3. The zero-order chi connectivity index (χ0) is 32.5. The van der Waals surface area contributed by atoms with Crippen LogP contribution < -0.4 is 9.47 Å². The van der Waals surface area contributed by atoms with Gasteiger partial charge in [-0.1, -0.05) is 90.9 Å². The van der Waals surface area contributed by atoms with E-state index in [4.69, 9.17) is 27.6 Å². The van der Waals surface area contributed by atoms with E-state index in [0.717, 1.165) is 25.7 Å². The minimum atomic E-state index is -3.42. The summed E-state index contributed by atoms with van der Waals surface area (Å²) in [6.07, 6.45) is 16.6. The molecule has 1 aromatic carbocycles. The zero-order valence-electron chi connectivity index (χ0n) is 28.9. The number of hydrogen-bond acceptors (Lipinski definition) is 8. The number of benzene rings is 1. The van der Waals surface area contributed by atoms with Gasteiger partial charge in [0.1, 0.15) is 11.5 Å². The third kappa shape index (κ3) is 17.7. The standard InChI is InChI=1S/C34H64O8P2/c1-7-13-15-17-19-21-23-25-37-33-27-32(30-44(36,41-11-5)42-12-6)34(38-26-24-22-20-18-16-14-8-2)28-31(33)29-43(35,39-9-3)40-10-4/h27-28H,7-26,29-30H2,1-6H3. The summed E-state index contributed by atoms with van der Waals surface area (Å²) in [6.45, 7) is 13.8. The maximum absolute atomic E-state index is 13.6. The molecule has 0 unspecified atom stereocenters. The molecule has 0 saturated carbocycles. The molecule has 1 aromatic rings. The predicted octanol–water partition coefficient (Wildman–Crippen LogP) is 11.5. The van der Waals surface area contributed by atoms with Gasteiger partial charge in [-0.25, -0.2) is 0 Å². The smallest absolute Gasteiger partial charge is 0.335 e. The molecule has 0 saturated heterocycles. The Morgan fingerprint density at radius 1 is 0.455 bits per heavy atom. The van der Waals surface area contributed by atoms with Crippen LogP contribution in [0.1, 0.15) is 143 Å². The van der Waals surface area contributed by atoms with Gasteiger partial charge in [-0.3, -0.25) is 9.13 Å². The Balaban J connectivity index is 3.28. The minimum Gasteiger partial charge on any atom is -0.493 e. The van der Waals surface area contributed by atoms with Crippen molar-refractivity contribution in [3.63, 3.8) is 0 Å². The Hall–Kier alpha value is -0.880. The van der Waals surface area contributed by atoms with Crippen molar-refractivity contribution in [2.75, 3.05) is 39.6 Å². The van der Waals surface area contributed by atoms with Gasteiger partial charge in [-0.2, -0.15) is 0 Å². The first-order valence-electron chi connectivity index (χ1n) is 17.5. The van der Waals surface area contributed by atoms with Gasteiger partial charge in [0, 0.05) is 11.1 Å². The highest BCUT2D eigenvalue weighted by Gasteiger charge is 2.30. The summed E-state index contributed by atoms with van der Waals surface area (Å²) in [5.74, 6) is 1.15. The topological polar surface area (TPSA) is 89.5 Å². The van der Waals surface area contributed by atoms with Gasteiger partial charge in [0.15, 0.2) is 0 Å². The van der Waals surface area contributed by atoms with Gasteiger partial charge < -0.3 is 27.6 Å². The van der Waals surface area contributed by atoms with Crippen LogP contribution in [-0.4, -0.2) is 39.6 Å². The van der Waals surface area contributed by atoms with Crippen molar-refractivity contribution in [2.24, 2.45) is 0 Å². The van der Waals surface area contributed by atoms with Crippen LogP contribution in [0.3, 0.4) is 0 Å². The highest BCUT2D eigenvalue weighted by atomic mass is 31.2. The number of unbranched alkanes of at least 4 members (excludes halogenated alkanes) is 12. The van der Waals surface area contributed by atoms with Gasteiger partial charge in [-0.05, 0) is 52.7 Å². The first-order chi connectivity index (χ1) is 21.3. The molecule has 0 aromatic heterocycles. The molecular weight excluding hydrogens is 598 g/mol. The molecule has 0 amide bonds. The molecule has 0 atom stereocenters. The zero-order valence-corrected chi connectivity index (χ0v) is 30.7. The molecule has 44 heavy (non-hydrogen) atoms. The van der Waals surface area contributed by atoms with Gasteiger partial charge in [0.2, 0.25) is 0 Å². The Morgan fingerprint density at radius 2 is 0.750 bits per heavy atom. The third-order valence-corrected chi connectivity index (χ3v) is 11.3. The summed E-state index contributed by atoms with van der Waals surface area (Å²) in [7, 11) is -6.83. The van der Waals surface area contributed by atoms with Crippen molar-refractivity contribution in [1.82, 2.24) is 0 Å². The Kier molecular flexibility index (Phi) is 23.6. The van der Waals surface area contributed by atoms with E-state index in [1.165, 1.54) is 64.2 Å². The third-order valence-electron chi connectivity index (χ3n) is 7.29. The van der Waals surface area contributed by atoms with Gasteiger partial charge in [0.25, 0.3) is 0 Å². The molecule has 0 fully saturated rings. The molecule has 0 heterocycles. The Morgan fingerprint density at radius 3 is 1.05 bits per heavy atom. The molecule has 8 nitrogen and oxygen atoms in total.